The first-order valence-corrected chi connectivity index (χ1v) is 9.65. The third-order valence-electron chi connectivity index (χ3n) is 4.69. The van der Waals surface area contributed by atoms with E-state index in [2.05, 4.69) is 46.5 Å². The summed E-state index contributed by atoms with van der Waals surface area (Å²) in [6, 6.07) is 15.5. The molecule has 0 saturated heterocycles. The Hall–Kier alpha value is -3.41. The fourth-order valence-corrected chi connectivity index (χ4v) is 3.12. The zero-order chi connectivity index (χ0) is 20.8. The summed E-state index contributed by atoms with van der Waals surface area (Å²) in [7, 11) is 0. The van der Waals surface area contributed by atoms with Gasteiger partial charge < -0.3 is 15.5 Å². The molecule has 0 radical (unpaired) electrons. The molecule has 5 nitrogen and oxygen atoms in total. The lowest BCUT2D eigenvalue weighted by Gasteiger charge is -2.22. The van der Waals surface area contributed by atoms with Crippen LogP contribution < -0.4 is 15.5 Å². The van der Waals surface area contributed by atoms with Crippen molar-refractivity contribution < 1.29 is 9.18 Å². The minimum Gasteiger partial charge on any atom is -0.372 e. The fraction of sp³-hybridized carbons (Fsp3) is 0.217. The number of pyridine rings is 1. The van der Waals surface area contributed by atoms with Crippen LogP contribution in [0.4, 0.5) is 27.1 Å². The predicted octanol–water partition coefficient (Wildman–Crippen LogP) is 5.37. The Balaban J connectivity index is 1.75. The molecule has 2 N–H and O–H groups in total. The van der Waals surface area contributed by atoms with Gasteiger partial charge in [0.25, 0.3) is 5.91 Å². The van der Waals surface area contributed by atoms with Crippen molar-refractivity contribution in [3.8, 4) is 0 Å². The summed E-state index contributed by atoms with van der Waals surface area (Å²) >= 11 is 0. The van der Waals surface area contributed by atoms with Gasteiger partial charge in [0, 0.05) is 42.0 Å². The summed E-state index contributed by atoms with van der Waals surface area (Å²) in [6.45, 7) is 8.23. The number of aromatic nitrogens is 1. The van der Waals surface area contributed by atoms with E-state index >= 15 is 0 Å². The van der Waals surface area contributed by atoms with Crippen LogP contribution in [-0.2, 0) is 0 Å². The Morgan fingerprint density at radius 1 is 1.03 bits per heavy atom. The first-order chi connectivity index (χ1) is 14.0. The number of rotatable bonds is 7. The van der Waals surface area contributed by atoms with Gasteiger partial charge in [-0.05, 0) is 74.9 Å². The smallest absolute Gasteiger partial charge is 0.274 e. The van der Waals surface area contributed by atoms with Crippen molar-refractivity contribution in [1.29, 1.82) is 0 Å². The lowest BCUT2D eigenvalue weighted by atomic mass is 10.1. The van der Waals surface area contributed by atoms with Crippen molar-refractivity contribution >= 4 is 28.7 Å². The molecule has 150 valence electrons. The molecule has 0 saturated carbocycles. The first kappa shape index (κ1) is 20.3. The number of anilines is 4. The van der Waals surface area contributed by atoms with E-state index in [-0.39, 0.29) is 5.69 Å². The highest BCUT2D eigenvalue weighted by atomic mass is 19.1. The molecule has 0 aliphatic heterocycles. The van der Waals surface area contributed by atoms with Crippen LogP contribution in [0.2, 0.25) is 0 Å². The summed E-state index contributed by atoms with van der Waals surface area (Å²) in [4.78, 5) is 18.9. The van der Waals surface area contributed by atoms with Crippen molar-refractivity contribution in [2.24, 2.45) is 0 Å². The Morgan fingerprint density at radius 2 is 1.83 bits per heavy atom. The van der Waals surface area contributed by atoms with Gasteiger partial charge in [0.2, 0.25) is 0 Å². The quantitative estimate of drug-likeness (QED) is 0.567. The fourth-order valence-electron chi connectivity index (χ4n) is 3.12. The number of hydrogen-bond donors (Lipinski definition) is 2. The molecule has 1 aromatic heterocycles. The van der Waals surface area contributed by atoms with Gasteiger partial charge in [0.15, 0.2) is 0 Å². The number of carbonyl (C=O) groups is 1. The van der Waals surface area contributed by atoms with E-state index in [4.69, 9.17) is 0 Å². The Bertz CT molecular complexity index is 1000. The molecular weight excluding hydrogens is 367 g/mol. The molecule has 2 aromatic carbocycles. The highest BCUT2D eigenvalue weighted by Crippen LogP contribution is 2.26. The van der Waals surface area contributed by atoms with Crippen LogP contribution in [0.5, 0.6) is 0 Å². The van der Waals surface area contributed by atoms with E-state index < -0.39 is 11.7 Å². The second-order valence-corrected chi connectivity index (χ2v) is 6.69. The molecule has 3 rings (SSSR count). The monoisotopic (exact) mass is 392 g/mol. The van der Waals surface area contributed by atoms with Gasteiger partial charge >= 0.3 is 0 Å². The Morgan fingerprint density at radius 3 is 2.52 bits per heavy atom. The van der Waals surface area contributed by atoms with Crippen LogP contribution in [0, 0.1) is 12.7 Å². The highest BCUT2D eigenvalue weighted by Gasteiger charge is 2.10. The molecule has 0 bridgehead atoms. The number of carbonyl (C=O) groups excluding carboxylic acids is 1. The molecule has 3 aromatic rings. The molecule has 0 aliphatic carbocycles. The average molecular weight is 392 g/mol. The van der Waals surface area contributed by atoms with Gasteiger partial charge in [-0.2, -0.15) is 0 Å². The van der Waals surface area contributed by atoms with Gasteiger partial charge in [0.05, 0.1) is 0 Å². The number of benzene rings is 2. The van der Waals surface area contributed by atoms with Gasteiger partial charge in [-0.15, -0.1) is 0 Å². The third-order valence-corrected chi connectivity index (χ3v) is 4.69. The van der Waals surface area contributed by atoms with Gasteiger partial charge in [-0.25, -0.2) is 4.39 Å². The van der Waals surface area contributed by atoms with Crippen LogP contribution in [0.1, 0.15) is 29.9 Å². The SMILES string of the molecule is CCN(CC)c1ccc(Nc2ccnc(C(=O)Nc3cccc(F)c3)c2)c(C)c1. The largest absolute Gasteiger partial charge is 0.372 e. The molecule has 0 fully saturated rings. The van der Waals surface area contributed by atoms with Crippen molar-refractivity contribution in [3.05, 3.63) is 77.9 Å². The van der Waals surface area contributed by atoms with Crippen molar-refractivity contribution in [2.45, 2.75) is 20.8 Å². The maximum Gasteiger partial charge on any atom is 0.274 e. The van der Waals surface area contributed by atoms with Crippen LogP contribution in [0.25, 0.3) is 0 Å². The first-order valence-electron chi connectivity index (χ1n) is 9.65. The van der Waals surface area contributed by atoms with E-state index in [1.54, 1.807) is 30.5 Å². The second kappa shape index (κ2) is 9.19. The summed E-state index contributed by atoms with van der Waals surface area (Å²) in [6.07, 6.45) is 1.57. The molecule has 0 atom stereocenters. The van der Waals surface area contributed by atoms with E-state index in [9.17, 15) is 9.18 Å². The van der Waals surface area contributed by atoms with Crippen molar-refractivity contribution in [1.82, 2.24) is 4.98 Å². The maximum atomic E-state index is 13.3. The molecule has 1 heterocycles. The molecule has 6 heteroatoms. The minimum atomic E-state index is -0.408. The maximum absolute atomic E-state index is 13.3. The summed E-state index contributed by atoms with van der Waals surface area (Å²) in [5, 5.41) is 6.00. The van der Waals surface area contributed by atoms with Crippen LogP contribution in [0.15, 0.2) is 60.8 Å². The van der Waals surface area contributed by atoms with E-state index in [0.717, 1.165) is 30.0 Å². The van der Waals surface area contributed by atoms with Gasteiger partial charge in [0.1, 0.15) is 11.5 Å². The van der Waals surface area contributed by atoms with Gasteiger partial charge in [-0.3, -0.25) is 9.78 Å². The van der Waals surface area contributed by atoms with E-state index in [1.807, 2.05) is 13.0 Å². The normalized spacial score (nSPS) is 10.5. The van der Waals surface area contributed by atoms with Crippen LogP contribution in [-0.4, -0.2) is 24.0 Å². The Kier molecular flexibility index (Phi) is 6.44. The number of amides is 1. The van der Waals surface area contributed by atoms with Crippen LogP contribution in [0.3, 0.4) is 0 Å². The summed E-state index contributed by atoms with van der Waals surface area (Å²) < 4.78 is 13.3. The molecule has 29 heavy (non-hydrogen) atoms. The third kappa shape index (κ3) is 5.10. The van der Waals surface area contributed by atoms with E-state index in [1.165, 1.54) is 17.8 Å². The summed E-state index contributed by atoms with van der Waals surface area (Å²) in [5.74, 6) is -0.803. The lowest BCUT2D eigenvalue weighted by molar-refractivity contribution is 0.102. The second-order valence-electron chi connectivity index (χ2n) is 6.69. The van der Waals surface area contributed by atoms with Crippen molar-refractivity contribution in [2.75, 3.05) is 28.6 Å². The van der Waals surface area contributed by atoms with Crippen molar-refractivity contribution in [3.63, 3.8) is 0 Å². The number of halogens is 1. The molecule has 1 amide bonds. The predicted molar refractivity (Wildman–Crippen MR) is 117 cm³/mol. The number of aryl methyl sites for hydroxylation is 1. The Labute approximate surface area is 170 Å². The lowest BCUT2D eigenvalue weighted by Crippen LogP contribution is -2.21. The number of hydrogen-bond acceptors (Lipinski definition) is 4. The minimum absolute atomic E-state index is 0.247. The average Bonchev–Trinajstić information content (AvgIpc) is 2.71. The molecule has 0 aliphatic rings. The molecule has 0 spiro atoms. The molecule has 0 unspecified atom stereocenters. The topological polar surface area (TPSA) is 57.3 Å². The number of nitrogens with one attached hydrogen (secondary N) is 2. The number of nitrogens with zero attached hydrogens (tertiary/aromatic N) is 2. The standard InChI is InChI=1S/C23H25FN4O/c1-4-28(5-2)20-9-10-21(16(3)13-20)26-19-11-12-25-22(15-19)23(29)27-18-8-6-7-17(24)14-18/h6-15H,4-5H2,1-3H3,(H,25,26)(H,27,29). The van der Waals surface area contributed by atoms with Gasteiger partial charge in [-0.1, -0.05) is 6.07 Å². The van der Waals surface area contributed by atoms with E-state index in [0.29, 0.717) is 5.69 Å². The zero-order valence-corrected chi connectivity index (χ0v) is 16.9. The highest BCUT2D eigenvalue weighted by molar-refractivity contribution is 6.03. The van der Waals surface area contributed by atoms with Crippen LogP contribution >= 0.6 is 0 Å². The molecular formula is C23H25FN4O. The summed E-state index contributed by atoms with van der Waals surface area (Å²) in [5.41, 5.74) is 4.64. The zero-order valence-electron chi connectivity index (χ0n) is 16.9.